The summed E-state index contributed by atoms with van der Waals surface area (Å²) in [7, 11) is 0. The van der Waals surface area contributed by atoms with Crippen LogP contribution >= 0.6 is 0 Å². The molecule has 2 rings (SSSR count). The summed E-state index contributed by atoms with van der Waals surface area (Å²) >= 11 is 0. The summed E-state index contributed by atoms with van der Waals surface area (Å²) in [5.74, 6) is 0.683. The van der Waals surface area contributed by atoms with Gasteiger partial charge < -0.3 is 5.73 Å². The van der Waals surface area contributed by atoms with Crippen molar-refractivity contribution in [2.24, 2.45) is 11.7 Å². The van der Waals surface area contributed by atoms with Gasteiger partial charge in [0.1, 0.15) is 0 Å². The van der Waals surface area contributed by atoms with E-state index in [2.05, 4.69) is 23.6 Å². The van der Waals surface area contributed by atoms with Gasteiger partial charge in [-0.15, -0.1) is 0 Å². The Kier molecular flexibility index (Phi) is 3.65. The molecule has 15 heavy (non-hydrogen) atoms. The molecule has 0 aromatic rings. The molecule has 0 amide bonds. The van der Waals surface area contributed by atoms with Crippen LogP contribution in [0.2, 0.25) is 0 Å². The molecule has 3 heteroatoms. The molecule has 2 fully saturated rings. The first-order valence-electron chi connectivity index (χ1n) is 6.40. The van der Waals surface area contributed by atoms with Gasteiger partial charge in [0.25, 0.3) is 0 Å². The molecule has 2 aliphatic rings. The summed E-state index contributed by atoms with van der Waals surface area (Å²) in [5, 5.41) is 0. The van der Waals surface area contributed by atoms with E-state index in [1.165, 1.54) is 39.0 Å². The number of hydrogen-bond acceptors (Lipinski definition) is 3. The Balaban J connectivity index is 1.80. The zero-order chi connectivity index (χ0) is 10.8. The second-order valence-corrected chi connectivity index (χ2v) is 5.35. The van der Waals surface area contributed by atoms with Crippen LogP contribution in [0, 0.1) is 5.92 Å². The van der Waals surface area contributed by atoms with Crippen LogP contribution in [-0.2, 0) is 0 Å². The predicted octanol–water partition coefficient (Wildman–Crippen LogP) is 0.750. The smallest absolute Gasteiger partial charge is 0.0242 e. The number of nitrogens with two attached hydrogens (primary N) is 1. The maximum atomic E-state index is 5.86. The molecular formula is C12H25N3. The Morgan fingerprint density at radius 2 is 1.73 bits per heavy atom. The van der Waals surface area contributed by atoms with Gasteiger partial charge in [0.05, 0.1) is 0 Å². The zero-order valence-corrected chi connectivity index (χ0v) is 10.2. The summed E-state index contributed by atoms with van der Waals surface area (Å²) in [4.78, 5) is 5.24. The highest BCUT2D eigenvalue weighted by atomic mass is 15.3. The third-order valence-corrected chi connectivity index (χ3v) is 3.89. The first-order valence-corrected chi connectivity index (χ1v) is 6.40. The topological polar surface area (TPSA) is 32.5 Å². The zero-order valence-electron chi connectivity index (χ0n) is 10.2. The van der Waals surface area contributed by atoms with E-state index in [1.54, 1.807) is 0 Å². The van der Waals surface area contributed by atoms with Crippen molar-refractivity contribution in [3.05, 3.63) is 0 Å². The molecule has 3 nitrogen and oxygen atoms in total. The van der Waals surface area contributed by atoms with Crippen molar-refractivity contribution < 1.29 is 0 Å². The minimum Gasteiger partial charge on any atom is -0.329 e. The van der Waals surface area contributed by atoms with Gasteiger partial charge in [-0.05, 0) is 18.8 Å². The highest BCUT2D eigenvalue weighted by molar-refractivity contribution is 4.89. The fraction of sp³-hybridized carbons (Fsp3) is 1.00. The van der Waals surface area contributed by atoms with E-state index in [4.69, 9.17) is 5.73 Å². The normalized spacial score (nSPS) is 27.2. The molecule has 0 aromatic heterocycles. The molecule has 88 valence electrons. The molecule has 1 aliphatic carbocycles. The summed E-state index contributed by atoms with van der Waals surface area (Å²) in [6.07, 6.45) is 2.87. The van der Waals surface area contributed by atoms with Crippen LogP contribution in [0.3, 0.4) is 0 Å². The predicted molar refractivity (Wildman–Crippen MR) is 63.8 cm³/mol. The maximum Gasteiger partial charge on any atom is 0.0242 e. The van der Waals surface area contributed by atoms with Crippen molar-refractivity contribution >= 4 is 0 Å². The van der Waals surface area contributed by atoms with Gasteiger partial charge in [-0.25, -0.2) is 0 Å². The van der Waals surface area contributed by atoms with Crippen LogP contribution in [-0.4, -0.2) is 54.6 Å². The van der Waals surface area contributed by atoms with Crippen molar-refractivity contribution in [1.82, 2.24) is 9.80 Å². The van der Waals surface area contributed by atoms with E-state index >= 15 is 0 Å². The van der Waals surface area contributed by atoms with Crippen LogP contribution in [0.15, 0.2) is 0 Å². The second-order valence-electron chi connectivity index (χ2n) is 5.35. The molecule has 1 saturated heterocycles. The highest BCUT2D eigenvalue weighted by Gasteiger charge is 2.32. The van der Waals surface area contributed by atoms with E-state index < -0.39 is 0 Å². The molecule has 1 atom stereocenters. The molecule has 0 aromatic carbocycles. The van der Waals surface area contributed by atoms with Crippen LogP contribution < -0.4 is 5.73 Å². The number of rotatable bonds is 4. The second kappa shape index (κ2) is 4.81. The van der Waals surface area contributed by atoms with Crippen molar-refractivity contribution in [3.8, 4) is 0 Å². The van der Waals surface area contributed by atoms with E-state index in [1.807, 2.05) is 0 Å². The molecule has 1 aliphatic heterocycles. The van der Waals surface area contributed by atoms with E-state index in [-0.39, 0.29) is 0 Å². The van der Waals surface area contributed by atoms with Gasteiger partial charge in [0, 0.05) is 44.8 Å². The average molecular weight is 211 g/mol. The highest BCUT2D eigenvalue weighted by Crippen LogP contribution is 2.28. The maximum absolute atomic E-state index is 5.86. The average Bonchev–Trinajstić information content (AvgIpc) is 3.03. The number of hydrogen-bond donors (Lipinski definition) is 1. The van der Waals surface area contributed by atoms with Crippen LogP contribution in [0.5, 0.6) is 0 Å². The van der Waals surface area contributed by atoms with Gasteiger partial charge in [0.2, 0.25) is 0 Å². The largest absolute Gasteiger partial charge is 0.329 e. The lowest BCUT2D eigenvalue weighted by Crippen LogP contribution is -2.54. The monoisotopic (exact) mass is 211 g/mol. The Hall–Kier alpha value is -0.120. The molecule has 0 bridgehead atoms. The Labute approximate surface area is 93.6 Å². The lowest BCUT2D eigenvalue weighted by atomic mass is 10.0. The quantitative estimate of drug-likeness (QED) is 0.745. The van der Waals surface area contributed by atoms with Gasteiger partial charge >= 0.3 is 0 Å². The van der Waals surface area contributed by atoms with Gasteiger partial charge in [-0.1, -0.05) is 13.8 Å². The standard InChI is InChI=1S/C12H25N3/c1-10(2)12(9-13)15-7-5-14(6-8-15)11-3-4-11/h10-12H,3-9,13H2,1-2H3. The fourth-order valence-electron chi connectivity index (χ4n) is 2.72. The van der Waals surface area contributed by atoms with Crippen molar-refractivity contribution in [3.63, 3.8) is 0 Å². The number of nitrogens with zero attached hydrogens (tertiary/aromatic N) is 2. The lowest BCUT2D eigenvalue weighted by Gasteiger charge is -2.40. The Morgan fingerprint density at radius 1 is 1.13 bits per heavy atom. The van der Waals surface area contributed by atoms with Crippen molar-refractivity contribution in [2.45, 2.75) is 38.8 Å². The molecule has 1 saturated carbocycles. The Morgan fingerprint density at radius 3 is 2.13 bits per heavy atom. The van der Waals surface area contributed by atoms with Crippen LogP contribution in [0.1, 0.15) is 26.7 Å². The Bertz CT molecular complexity index is 193. The fourth-order valence-corrected chi connectivity index (χ4v) is 2.72. The van der Waals surface area contributed by atoms with Crippen molar-refractivity contribution in [1.29, 1.82) is 0 Å². The molecular weight excluding hydrogens is 186 g/mol. The van der Waals surface area contributed by atoms with E-state index in [0.29, 0.717) is 12.0 Å². The molecule has 2 N–H and O–H groups in total. The van der Waals surface area contributed by atoms with E-state index in [0.717, 1.165) is 12.6 Å². The first kappa shape index (κ1) is 11.4. The van der Waals surface area contributed by atoms with Crippen LogP contribution in [0.25, 0.3) is 0 Å². The molecule has 0 spiro atoms. The van der Waals surface area contributed by atoms with Gasteiger partial charge in [-0.2, -0.15) is 0 Å². The molecule has 1 unspecified atom stereocenters. The van der Waals surface area contributed by atoms with Crippen molar-refractivity contribution in [2.75, 3.05) is 32.7 Å². The minimum absolute atomic E-state index is 0.589. The third kappa shape index (κ3) is 2.71. The van der Waals surface area contributed by atoms with Crippen LogP contribution in [0.4, 0.5) is 0 Å². The van der Waals surface area contributed by atoms with Gasteiger partial charge in [0.15, 0.2) is 0 Å². The molecule has 0 radical (unpaired) electrons. The van der Waals surface area contributed by atoms with Gasteiger partial charge in [-0.3, -0.25) is 9.80 Å². The third-order valence-electron chi connectivity index (χ3n) is 3.89. The first-order chi connectivity index (χ1) is 7.22. The lowest BCUT2D eigenvalue weighted by molar-refractivity contribution is 0.0759. The minimum atomic E-state index is 0.589. The number of piperazine rings is 1. The SMILES string of the molecule is CC(C)C(CN)N1CCN(C2CC2)CC1. The summed E-state index contributed by atoms with van der Waals surface area (Å²) < 4.78 is 0. The summed E-state index contributed by atoms with van der Waals surface area (Å²) in [6, 6.07) is 1.52. The summed E-state index contributed by atoms with van der Waals surface area (Å²) in [6.45, 7) is 10.3. The molecule has 1 heterocycles. The summed E-state index contributed by atoms with van der Waals surface area (Å²) in [5.41, 5.74) is 5.86. The van der Waals surface area contributed by atoms with E-state index in [9.17, 15) is 0 Å².